The van der Waals surface area contributed by atoms with E-state index in [1.807, 2.05) is 6.07 Å². The first-order chi connectivity index (χ1) is 10.1. The highest BCUT2D eigenvalue weighted by Crippen LogP contribution is 2.26. The first kappa shape index (κ1) is 15.0. The SMILES string of the molecule is CC(=O)N(CCNC(=O)C1CCC1)c1ccc(C#N)cc1. The Bertz CT molecular complexity index is 556. The fourth-order valence-electron chi connectivity index (χ4n) is 2.29. The van der Waals surface area contributed by atoms with Gasteiger partial charge in [0.05, 0.1) is 11.6 Å². The molecule has 0 heterocycles. The van der Waals surface area contributed by atoms with Crippen LogP contribution in [-0.4, -0.2) is 24.9 Å². The van der Waals surface area contributed by atoms with E-state index < -0.39 is 0 Å². The van der Waals surface area contributed by atoms with Gasteiger partial charge in [-0.25, -0.2) is 0 Å². The molecule has 5 nitrogen and oxygen atoms in total. The summed E-state index contributed by atoms with van der Waals surface area (Å²) in [7, 11) is 0. The normalized spacial score (nSPS) is 13.9. The second-order valence-electron chi connectivity index (χ2n) is 5.25. The number of hydrogen-bond donors (Lipinski definition) is 1. The highest BCUT2D eigenvalue weighted by atomic mass is 16.2. The molecule has 0 unspecified atom stereocenters. The van der Waals surface area contributed by atoms with Gasteiger partial charge in [0, 0.05) is 31.6 Å². The van der Waals surface area contributed by atoms with Crippen molar-refractivity contribution in [3.8, 4) is 6.07 Å². The molecule has 0 spiro atoms. The Balaban J connectivity index is 1.90. The van der Waals surface area contributed by atoms with Gasteiger partial charge in [-0.05, 0) is 37.1 Å². The van der Waals surface area contributed by atoms with Crippen molar-refractivity contribution < 1.29 is 9.59 Å². The summed E-state index contributed by atoms with van der Waals surface area (Å²) in [5.74, 6) is 0.160. The van der Waals surface area contributed by atoms with Crippen molar-refractivity contribution >= 4 is 17.5 Å². The zero-order valence-electron chi connectivity index (χ0n) is 12.1. The molecule has 1 aromatic carbocycles. The highest BCUT2D eigenvalue weighted by molar-refractivity contribution is 5.91. The number of hydrogen-bond acceptors (Lipinski definition) is 3. The molecule has 1 saturated carbocycles. The van der Waals surface area contributed by atoms with Gasteiger partial charge in [-0.2, -0.15) is 5.26 Å². The third-order valence-corrected chi connectivity index (χ3v) is 3.80. The van der Waals surface area contributed by atoms with Crippen molar-refractivity contribution in [2.75, 3.05) is 18.0 Å². The number of amides is 2. The molecule has 5 heteroatoms. The Morgan fingerprint density at radius 3 is 2.48 bits per heavy atom. The molecule has 1 aliphatic rings. The van der Waals surface area contributed by atoms with E-state index in [4.69, 9.17) is 5.26 Å². The zero-order chi connectivity index (χ0) is 15.2. The lowest BCUT2D eigenvalue weighted by Crippen LogP contribution is -2.41. The molecule has 0 atom stereocenters. The van der Waals surface area contributed by atoms with E-state index >= 15 is 0 Å². The number of rotatable bonds is 5. The molecular formula is C16H19N3O2. The summed E-state index contributed by atoms with van der Waals surface area (Å²) in [6, 6.07) is 8.89. The Kier molecular flexibility index (Phi) is 4.94. The van der Waals surface area contributed by atoms with Gasteiger partial charge < -0.3 is 10.2 Å². The van der Waals surface area contributed by atoms with Crippen LogP contribution in [0.5, 0.6) is 0 Å². The maximum Gasteiger partial charge on any atom is 0.223 e. The standard InChI is InChI=1S/C16H19N3O2/c1-12(20)19(15-7-5-13(11-17)6-8-15)10-9-18-16(21)14-3-2-4-14/h5-8,14H,2-4,9-10H2,1H3,(H,18,21). The summed E-state index contributed by atoms with van der Waals surface area (Å²) < 4.78 is 0. The maximum atomic E-state index is 11.7. The van der Waals surface area contributed by atoms with Gasteiger partial charge in [-0.15, -0.1) is 0 Å². The van der Waals surface area contributed by atoms with Gasteiger partial charge in [0.2, 0.25) is 11.8 Å². The topological polar surface area (TPSA) is 73.2 Å². The first-order valence-electron chi connectivity index (χ1n) is 7.18. The smallest absolute Gasteiger partial charge is 0.223 e. The largest absolute Gasteiger partial charge is 0.354 e. The van der Waals surface area contributed by atoms with Crippen molar-refractivity contribution in [1.82, 2.24) is 5.32 Å². The average molecular weight is 285 g/mol. The third kappa shape index (κ3) is 3.82. The summed E-state index contributed by atoms with van der Waals surface area (Å²) in [5.41, 5.74) is 1.29. The second kappa shape index (κ2) is 6.89. The summed E-state index contributed by atoms with van der Waals surface area (Å²) in [4.78, 5) is 25.1. The maximum absolute atomic E-state index is 11.7. The van der Waals surface area contributed by atoms with Crippen LogP contribution < -0.4 is 10.2 Å². The Labute approximate surface area is 124 Å². The van der Waals surface area contributed by atoms with Crippen molar-refractivity contribution in [3.63, 3.8) is 0 Å². The van der Waals surface area contributed by atoms with E-state index in [9.17, 15) is 9.59 Å². The van der Waals surface area contributed by atoms with E-state index in [0.717, 1.165) is 24.9 Å². The molecule has 1 fully saturated rings. The summed E-state index contributed by atoms with van der Waals surface area (Å²) >= 11 is 0. The number of nitrogens with one attached hydrogen (secondary N) is 1. The minimum atomic E-state index is -0.0856. The van der Waals surface area contributed by atoms with E-state index in [1.165, 1.54) is 6.92 Å². The van der Waals surface area contributed by atoms with E-state index in [1.54, 1.807) is 29.2 Å². The van der Waals surface area contributed by atoms with Crippen molar-refractivity contribution in [3.05, 3.63) is 29.8 Å². The van der Waals surface area contributed by atoms with Gasteiger partial charge in [-0.1, -0.05) is 6.42 Å². The van der Waals surface area contributed by atoms with Crippen LogP contribution in [0.25, 0.3) is 0 Å². The van der Waals surface area contributed by atoms with Gasteiger partial charge in [-0.3, -0.25) is 9.59 Å². The molecule has 0 aliphatic heterocycles. The van der Waals surface area contributed by atoms with Crippen LogP contribution >= 0.6 is 0 Å². The number of benzene rings is 1. The minimum absolute atomic E-state index is 0.0856. The Morgan fingerprint density at radius 2 is 2.00 bits per heavy atom. The Hall–Kier alpha value is -2.35. The highest BCUT2D eigenvalue weighted by Gasteiger charge is 2.24. The van der Waals surface area contributed by atoms with Crippen LogP contribution in [0.2, 0.25) is 0 Å². The number of carbonyl (C=O) groups is 2. The molecule has 2 rings (SSSR count). The van der Waals surface area contributed by atoms with Gasteiger partial charge in [0.25, 0.3) is 0 Å². The molecule has 0 aromatic heterocycles. The molecule has 0 saturated heterocycles. The van der Waals surface area contributed by atoms with Crippen molar-refractivity contribution in [2.45, 2.75) is 26.2 Å². The molecule has 1 aromatic rings. The minimum Gasteiger partial charge on any atom is -0.354 e. The predicted molar refractivity (Wildman–Crippen MR) is 79.5 cm³/mol. The van der Waals surface area contributed by atoms with E-state index in [2.05, 4.69) is 5.32 Å². The molecule has 1 N–H and O–H groups in total. The molecule has 21 heavy (non-hydrogen) atoms. The lowest BCUT2D eigenvalue weighted by molar-refractivity contribution is -0.127. The van der Waals surface area contributed by atoms with Crippen LogP contribution in [-0.2, 0) is 9.59 Å². The van der Waals surface area contributed by atoms with Crippen LogP contribution in [0, 0.1) is 17.2 Å². The predicted octanol–water partition coefficient (Wildman–Crippen LogP) is 1.83. The molecular weight excluding hydrogens is 266 g/mol. The number of nitrogens with zero attached hydrogens (tertiary/aromatic N) is 2. The monoisotopic (exact) mass is 285 g/mol. The average Bonchev–Trinajstić information content (AvgIpc) is 2.41. The quantitative estimate of drug-likeness (QED) is 0.897. The number of carbonyl (C=O) groups excluding carboxylic acids is 2. The number of nitriles is 1. The third-order valence-electron chi connectivity index (χ3n) is 3.80. The molecule has 110 valence electrons. The van der Waals surface area contributed by atoms with E-state index in [0.29, 0.717) is 18.7 Å². The van der Waals surface area contributed by atoms with Crippen LogP contribution in [0.3, 0.4) is 0 Å². The van der Waals surface area contributed by atoms with Crippen LogP contribution in [0.15, 0.2) is 24.3 Å². The number of anilines is 1. The second-order valence-corrected chi connectivity index (χ2v) is 5.25. The Morgan fingerprint density at radius 1 is 1.33 bits per heavy atom. The fraction of sp³-hybridized carbons (Fsp3) is 0.438. The molecule has 0 bridgehead atoms. The zero-order valence-corrected chi connectivity index (χ0v) is 12.1. The molecule has 2 amide bonds. The van der Waals surface area contributed by atoms with Gasteiger partial charge in [0.15, 0.2) is 0 Å². The summed E-state index contributed by atoms with van der Waals surface area (Å²) in [6.45, 7) is 2.36. The lowest BCUT2D eigenvalue weighted by atomic mass is 9.85. The molecule has 1 aliphatic carbocycles. The fourth-order valence-corrected chi connectivity index (χ4v) is 2.29. The van der Waals surface area contributed by atoms with Crippen LogP contribution in [0.4, 0.5) is 5.69 Å². The molecule has 0 radical (unpaired) electrons. The lowest BCUT2D eigenvalue weighted by Gasteiger charge is -2.25. The van der Waals surface area contributed by atoms with E-state index in [-0.39, 0.29) is 17.7 Å². The summed E-state index contributed by atoms with van der Waals surface area (Å²) in [6.07, 6.45) is 3.07. The van der Waals surface area contributed by atoms with Crippen molar-refractivity contribution in [1.29, 1.82) is 5.26 Å². The summed E-state index contributed by atoms with van der Waals surface area (Å²) in [5, 5.41) is 11.7. The van der Waals surface area contributed by atoms with Gasteiger partial charge in [0.1, 0.15) is 0 Å². The van der Waals surface area contributed by atoms with Gasteiger partial charge >= 0.3 is 0 Å². The van der Waals surface area contributed by atoms with Crippen molar-refractivity contribution in [2.24, 2.45) is 5.92 Å². The first-order valence-corrected chi connectivity index (χ1v) is 7.18. The van der Waals surface area contributed by atoms with Crippen LogP contribution in [0.1, 0.15) is 31.7 Å².